The second kappa shape index (κ2) is 7.69. The van der Waals surface area contributed by atoms with Crippen LogP contribution in [0.3, 0.4) is 0 Å². The zero-order chi connectivity index (χ0) is 15.1. The number of hydrogen-bond acceptors (Lipinski definition) is 4. The van der Waals surface area contributed by atoms with Gasteiger partial charge < -0.3 is 14.8 Å². The average molecular weight is 289 g/mol. The number of nitrogens with zero attached hydrogens (tertiary/aromatic N) is 2. The van der Waals surface area contributed by atoms with Gasteiger partial charge >= 0.3 is 0 Å². The zero-order valence-corrected chi connectivity index (χ0v) is 12.9. The molecule has 0 spiro atoms. The lowest BCUT2D eigenvalue weighted by Gasteiger charge is -2.17. The predicted molar refractivity (Wildman–Crippen MR) is 83.8 cm³/mol. The van der Waals surface area contributed by atoms with Crippen LogP contribution in [-0.2, 0) is 11.3 Å². The van der Waals surface area contributed by atoms with Crippen LogP contribution in [0.25, 0.3) is 0 Å². The molecule has 2 rings (SSSR count). The van der Waals surface area contributed by atoms with E-state index in [1.165, 1.54) is 0 Å². The van der Waals surface area contributed by atoms with Crippen molar-refractivity contribution in [2.24, 2.45) is 0 Å². The molecule has 0 fully saturated rings. The van der Waals surface area contributed by atoms with Gasteiger partial charge in [-0.3, -0.25) is 4.68 Å². The van der Waals surface area contributed by atoms with Crippen LogP contribution in [0.4, 0.5) is 5.69 Å². The van der Waals surface area contributed by atoms with E-state index < -0.39 is 0 Å². The molecule has 0 amide bonds. The summed E-state index contributed by atoms with van der Waals surface area (Å²) >= 11 is 0. The first-order valence-corrected chi connectivity index (χ1v) is 7.24. The Morgan fingerprint density at radius 3 is 2.90 bits per heavy atom. The molecule has 0 aliphatic heterocycles. The van der Waals surface area contributed by atoms with Crippen LogP contribution < -0.4 is 10.1 Å². The number of para-hydroxylation sites is 1. The summed E-state index contributed by atoms with van der Waals surface area (Å²) in [7, 11) is 1.69. The highest BCUT2D eigenvalue weighted by molar-refractivity contribution is 5.45. The van der Waals surface area contributed by atoms with Gasteiger partial charge in [-0.15, -0.1) is 0 Å². The molecule has 0 bridgehead atoms. The Kier molecular flexibility index (Phi) is 5.63. The van der Waals surface area contributed by atoms with E-state index in [4.69, 9.17) is 9.47 Å². The fraction of sp³-hybridized carbons (Fsp3) is 0.438. The summed E-state index contributed by atoms with van der Waals surface area (Å²) in [4.78, 5) is 0. The molecule has 1 unspecified atom stereocenters. The van der Waals surface area contributed by atoms with Crippen molar-refractivity contribution in [1.82, 2.24) is 9.78 Å². The second-order valence-corrected chi connectivity index (χ2v) is 4.82. The largest absolute Gasteiger partial charge is 0.494 e. The van der Waals surface area contributed by atoms with Crippen LogP contribution in [0.5, 0.6) is 5.75 Å². The van der Waals surface area contributed by atoms with Gasteiger partial charge in [0.15, 0.2) is 0 Å². The van der Waals surface area contributed by atoms with E-state index in [0.29, 0.717) is 13.2 Å². The molecule has 1 aromatic heterocycles. The molecule has 5 nitrogen and oxygen atoms in total. The summed E-state index contributed by atoms with van der Waals surface area (Å²) < 4.78 is 12.6. The minimum atomic E-state index is 0.146. The number of anilines is 1. The molecule has 0 aliphatic carbocycles. The monoisotopic (exact) mass is 289 g/mol. The summed E-state index contributed by atoms with van der Waals surface area (Å²) in [5.41, 5.74) is 2.13. The van der Waals surface area contributed by atoms with Gasteiger partial charge in [-0.25, -0.2) is 0 Å². The third-order valence-electron chi connectivity index (χ3n) is 3.23. The maximum atomic E-state index is 5.68. The number of nitrogens with one attached hydrogen (secondary N) is 1. The topological polar surface area (TPSA) is 48.3 Å². The van der Waals surface area contributed by atoms with Gasteiger partial charge in [0.05, 0.1) is 37.7 Å². The van der Waals surface area contributed by atoms with E-state index in [1.807, 2.05) is 42.2 Å². The lowest BCUT2D eigenvalue weighted by atomic mass is 10.1. The summed E-state index contributed by atoms with van der Waals surface area (Å²) in [5.74, 6) is 0.923. The summed E-state index contributed by atoms with van der Waals surface area (Å²) in [5, 5.41) is 7.75. The van der Waals surface area contributed by atoms with E-state index >= 15 is 0 Å². The van der Waals surface area contributed by atoms with Crippen molar-refractivity contribution in [3.05, 3.63) is 42.2 Å². The Morgan fingerprint density at radius 2 is 2.14 bits per heavy atom. The first kappa shape index (κ1) is 15.4. The van der Waals surface area contributed by atoms with E-state index in [9.17, 15) is 0 Å². The second-order valence-electron chi connectivity index (χ2n) is 4.82. The Bertz CT molecular complexity index is 554. The Morgan fingerprint density at radius 1 is 1.33 bits per heavy atom. The highest BCUT2D eigenvalue weighted by Gasteiger charge is 2.11. The van der Waals surface area contributed by atoms with E-state index in [2.05, 4.69) is 23.4 Å². The van der Waals surface area contributed by atoms with Crippen molar-refractivity contribution in [1.29, 1.82) is 0 Å². The van der Waals surface area contributed by atoms with Crippen LogP contribution >= 0.6 is 0 Å². The van der Waals surface area contributed by atoms with Crippen molar-refractivity contribution < 1.29 is 9.47 Å². The highest BCUT2D eigenvalue weighted by atomic mass is 16.5. The normalized spacial score (nSPS) is 12.1. The molecule has 1 aromatic carbocycles. The average Bonchev–Trinajstić information content (AvgIpc) is 2.93. The molecule has 21 heavy (non-hydrogen) atoms. The zero-order valence-electron chi connectivity index (χ0n) is 12.9. The number of rotatable bonds is 8. The van der Waals surface area contributed by atoms with Crippen LogP contribution in [0, 0.1) is 0 Å². The first-order chi connectivity index (χ1) is 10.2. The van der Waals surface area contributed by atoms with Crippen molar-refractivity contribution in [2.45, 2.75) is 26.4 Å². The minimum Gasteiger partial charge on any atom is -0.494 e. The number of aromatic nitrogens is 2. The van der Waals surface area contributed by atoms with Crippen LogP contribution in [0.1, 0.15) is 25.5 Å². The van der Waals surface area contributed by atoms with Gasteiger partial charge in [0.1, 0.15) is 5.75 Å². The van der Waals surface area contributed by atoms with Gasteiger partial charge in [0.2, 0.25) is 0 Å². The molecule has 0 saturated heterocycles. The molecule has 5 heteroatoms. The van der Waals surface area contributed by atoms with E-state index in [-0.39, 0.29) is 6.04 Å². The molecule has 1 N–H and O–H groups in total. The first-order valence-electron chi connectivity index (χ1n) is 7.24. The van der Waals surface area contributed by atoms with E-state index in [0.717, 1.165) is 23.5 Å². The van der Waals surface area contributed by atoms with Crippen LogP contribution in [-0.4, -0.2) is 30.1 Å². The molecular formula is C16H23N3O2. The Labute approximate surface area is 125 Å². The summed E-state index contributed by atoms with van der Waals surface area (Å²) in [6.07, 6.45) is 3.81. The van der Waals surface area contributed by atoms with Gasteiger partial charge in [0.25, 0.3) is 0 Å². The summed E-state index contributed by atoms with van der Waals surface area (Å²) in [6.45, 7) is 6.18. The minimum absolute atomic E-state index is 0.146. The Hall–Kier alpha value is -2.01. The SMILES string of the molecule is CCOc1ccccc1C(C)Nc1cnn(CCOC)c1. The highest BCUT2D eigenvalue weighted by Crippen LogP contribution is 2.27. The lowest BCUT2D eigenvalue weighted by Crippen LogP contribution is -2.08. The maximum absolute atomic E-state index is 5.68. The van der Waals surface area contributed by atoms with Gasteiger partial charge in [-0.2, -0.15) is 5.10 Å². The molecule has 0 radical (unpaired) electrons. The third-order valence-corrected chi connectivity index (χ3v) is 3.23. The van der Waals surface area contributed by atoms with Crippen LogP contribution in [0.15, 0.2) is 36.7 Å². The molecule has 1 atom stereocenters. The third kappa shape index (κ3) is 4.23. The molecule has 114 valence electrons. The number of benzene rings is 1. The fourth-order valence-electron chi connectivity index (χ4n) is 2.20. The van der Waals surface area contributed by atoms with Gasteiger partial charge in [-0.1, -0.05) is 18.2 Å². The van der Waals surface area contributed by atoms with Gasteiger partial charge in [-0.05, 0) is 19.9 Å². The number of ether oxygens (including phenoxy) is 2. The standard InChI is InChI=1S/C16H23N3O2/c1-4-21-16-8-6-5-7-15(16)13(2)18-14-11-17-19(12-14)9-10-20-3/h5-8,11-13,18H,4,9-10H2,1-3H3. The molecule has 2 aromatic rings. The molecule has 0 saturated carbocycles. The maximum Gasteiger partial charge on any atom is 0.124 e. The van der Waals surface area contributed by atoms with Crippen LogP contribution in [0.2, 0.25) is 0 Å². The van der Waals surface area contributed by atoms with Crippen molar-refractivity contribution in [3.8, 4) is 5.75 Å². The molecule has 1 heterocycles. The Balaban J connectivity index is 2.03. The fourth-order valence-corrected chi connectivity index (χ4v) is 2.20. The number of hydrogen-bond donors (Lipinski definition) is 1. The number of methoxy groups -OCH3 is 1. The molecular weight excluding hydrogens is 266 g/mol. The van der Waals surface area contributed by atoms with Gasteiger partial charge in [0, 0.05) is 18.9 Å². The van der Waals surface area contributed by atoms with E-state index in [1.54, 1.807) is 7.11 Å². The summed E-state index contributed by atoms with van der Waals surface area (Å²) in [6, 6.07) is 8.24. The lowest BCUT2D eigenvalue weighted by molar-refractivity contribution is 0.183. The van der Waals surface area contributed by atoms with Crippen molar-refractivity contribution in [2.75, 3.05) is 25.6 Å². The van der Waals surface area contributed by atoms with Crippen molar-refractivity contribution >= 4 is 5.69 Å². The molecule has 0 aliphatic rings. The quantitative estimate of drug-likeness (QED) is 0.811. The predicted octanol–water partition coefficient (Wildman–Crippen LogP) is 3.10. The smallest absolute Gasteiger partial charge is 0.124 e. The van der Waals surface area contributed by atoms with Crippen molar-refractivity contribution in [3.63, 3.8) is 0 Å².